The molecule has 0 spiro atoms. The average Bonchev–Trinajstić information content (AvgIpc) is 3.50. The summed E-state index contributed by atoms with van der Waals surface area (Å²) < 4.78 is 13.0. The number of piperazine rings is 1. The highest BCUT2D eigenvalue weighted by atomic mass is 16.7. The Hall–Kier alpha value is -3.84. The number of hydrogen-bond donors (Lipinski definition) is 0. The van der Waals surface area contributed by atoms with E-state index in [1.54, 1.807) is 0 Å². The van der Waals surface area contributed by atoms with Gasteiger partial charge in [0.2, 0.25) is 12.7 Å². The van der Waals surface area contributed by atoms with Crippen LogP contribution in [0.1, 0.15) is 27.9 Å². The molecule has 1 fully saturated rings. The van der Waals surface area contributed by atoms with E-state index in [9.17, 15) is 4.79 Å². The van der Waals surface area contributed by atoms with Gasteiger partial charge in [-0.05, 0) is 73.4 Å². The van der Waals surface area contributed by atoms with E-state index in [2.05, 4.69) is 72.5 Å². The molecule has 4 aromatic rings. The quantitative estimate of drug-likeness (QED) is 0.406. The van der Waals surface area contributed by atoms with Crippen LogP contribution in [0.3, 0.4) is 0 Å². The normalized spacial score (nSPS) is 15.5. The number of amides is 1. The number of rotatable bonds is 5. The SMILES string of the molecule is Cc1ccn2c(CC(=O)N3CCN(Cc4ccc5c(c4)OCO5)CC3)c(-c3ccc(C)c(C)c3)nc2c1. The van der Waals surface area contributed by atoms with Gasteiger partial charge in [-0.2, -0.15) is 0 Å². The number of aromatic nitrogens is 2. The van der Waals surface area contributed by atoms with Gasteiger partial charge in [0.05, 0.1) is 17.8 Å². The second-order valence-corrected chi connectivity index (χ2v) is 10.2. The van der Waals surface area contributed by atoms with Crippen molar-refractivity contribution in [1.29, 1.82) is 0 Å². The molecule has 37 heavy (non-hydrogen) atoms. The molecule has 0 saturated carbocycles. The number of fused-ring (bicyclic) bond motifs is 2. The second kappa shape index (κ2) is 9.56. The lowest BCUT2D eigenvalue weighted by Crippen LogP contribution is -2.48. The highest BCUT2D eigenvalue weighted by Crippen LogP contribution is 2.33. The second-order valence-electron chi connectivity index (χ2n) is 10.2. The fraction of sp³-hybridized carbons (Fsp3) is 0.333. The fourth-order valence-corrected chi connectivity index (χ4v) is 5.19. The third-order valence-corrected chi connectivity index (χ3v) is 7.55. The summed E-state index contributed by atoms with van der Waals surface area (Å²) in [5.74, 6) is 1.77. The first kappa shape index (κ1) is 23.6. The molecule has 2 aliphatic rings. The summed E-state index contributed by atoms with van der Waals surface area (Å²) in [5, 5.41) is 0. The molecular weight excluding hydrogens is 464 g/mol. The molecule has 0 unspecified atom stereocenters. The minimum atomic E-state index is 0.148. The van der Waals surface area contributed by atoms with Gasteiger partial charge in [0.1, 0.15) is 5.65 Å². The standard InChI is InChI=1S/C30H32N4O3/c1-20-8-9-34-25(30(31-28(34)14-20)24-6-4-21(2)22(3)15-24)17-29(35)33-12-10-32(11-13-33)18-23-5-7-26-27(16-23)37-19-36-26/h4-9,14-16H,10-13,17-19H2,1-3H3. The van der Waals surface area contributed by atoms with Gasteiger partial charge in [0.15, 0.2) is 11.5 Å². The number of pyridine rings is 1. The van der Waals surface area contributed by atoms with Crippen LogP contribution in [0, 0.1) is 20.8 Å². The Labute approximate surface area is 217 Å². The van der Waals surface area contributed by atoms with Crippen LogP contribution in [0.25, 0.3) is 16.9 Å². The summed E-state index contributed by atoms with van der Waals surface area (Å²) in [4.78, 5) is 22.9. The van der Waals surface area contributed by atoms with Gasteiger partial charge in [0.25, 0.3) is 0 Å². The molecule has 0 aliphatic carbocycles. The Balaban J connectivity index is 1.17. The molecule has 1 amide bonds. The third-order valence-electron chi connectivity index (χ3n) is 7.55. The van der Waals surface area contributed by atoms with Crippen molar-refractivity contribution >= 4 is 11.6 Å². The minimum Gasteiger partial charge on any atom is -0.454 e. The fourth-order valence-electron chi connectivity index (χ4n) is 5.19. The van der Waals surface area contributed by atoms with Crippen LogP contribution in [-0.4, -0.2) is 58.1 Å². The van der Waals surface area contributed by atoms with E-state index in [1.807, 2.05) is 17.2 Å². The first-order chi connectivity index (χ1) is 17.9. The number of nitrogens with zero attached hydrogens (tertiary/aromatic N) is 4. The minimum absolute atomic E-state index is 0.148. The van der Waals surface area contributed by atoms with Crippen molar-refractivity contribution in [2.24, 2.45) is 0 Å². The summed E-state index contributed by atoms with van der Waals surface area (Å²) in [5.41, 5.74) is 8.60. The van der Waals surface area contributed by atoms with Crippen LogP contribution < -0.4 is 9.47 Å². The molecule has 0 bridgehead atoms. The summed E-state index contributed by atoms with van der Waals surface area (Å²) >= 11 is 0. The smallest absolute Gasteiger partial charge is 0.231 e. The predicted molar refractivity (Wildman–Crippen MR) is 143 cm³/mol. The van der Waals surface area contributed by atoms with Gasteiger partial charge in [-0.25, -0.2) is 4.98 Å². The lowest BCUT2D eigenvalue weighted by Gasteiger charge is -2.35. The largest absolute Gasteiger partial charge is 0.454 e. The van der Waals surface area contributed by atoms with E-state index in [0.29, 0.717) is 6.42 Å². The first-order valence-corrected chi connectivity index (χ1v) is 12.9. The van der Waals surface area contributed by atoms with Crippen LogP contribution in [0.4, 0.5) is 0 Å². The maximum absolute atomic E-state index is 13.5. The average molecular weight is 497 g/mol. The lowest BCUT2D eigenvalue weighted by molar-refractivity contribution is -0.132. The van der Waals surface area contributed by atoms with E-state index in [4.69, 9.17) is 14.5 Å². The van der Waals surface area contributed by atoms with E-state index in [0.717, 1.165) is 72.4 Å². The van der Waals surface area contributed by atoms with E-state index < -0.39 is 0 Å². The Morgan fingerprint density at radius 1 is 0.892 bits per heavy atom. The molecule has 0 radical (unpaired) electrons. The predicted octanol–water partition coefficient (Wildman–Crippen LogP) is 4.54. The summed E-state index contributed by atoms with van der Waals surface area (Å²) in [6, 6.07) is 16.7. The van der Waals surface area contributed by atoms with Crippen molar-refractivity contribution < 1.29 is 14.3 Å². The molecular formula is C30H32N4O3. The van der Waals surface area contributed by atoms with Crippen LogP contribution in [0.2, 0.25) is 0 Å². The van der Waals surface area contributed by atoms with Crippen LogP contribution in [0.15, 0.2) is 54.7 Å². The van der Waals surface area contributed by atoms with E-state index in [1.165, 1.54) is 16.7 Å². The van der Waals surface area contributed by atoms with Gasteiger partial charge in [-0.1, -0.05) is 18.2 Å². The number of ether oxygens (including phenoxy) is 2. The molecule has 6 rings (SSSR count). The van der Waals surface area contributed by atoms with Gasteiger partial charge >= 0.3 is 0 Å². The highest BCUT2D eigenvalue weighted by molar-refractivity contribution is 5.82. The van der Waals surface area contributed by atoms with E-state index >= 15 is 0 Å². The molecule has 2 aliphatic heterocycles. The summed E-state index contributed by atoms with van der Waals surface area (Å²) in [7, 11) is 0. The van der Waals surface area contributed by atoms with Crippen molar-refractivity contribution in [1.82, 2.24) is 19.2 Å². The molecule has 1 saturated heterocycles. The summed E-state index contributed by atoms with van der Waals surface area (Å²) in [6.45, 7) is 10.6. The zero-order valence-electron chi connectivity index (χ0n) is 21.7. The lowest BCUT2D eigenvalue weighted by atomic mass is 10.0. The maximum Gasteiger partial charge on any atom is 0.231 e. The molecule has 2 aromatic heterocycles. The maximum atomic E-state index is 13.5. The zero-order valence-corrected chi connectivity index (χ0v) is 21.7. The highest BCUT2D eigenvalue weighted by Gasteiger charge is 2.25. The van der Waals surface area contributed by atoms with E-state index in [-0.39, 0.29) is 12.7 Å². The molecule has 0 atom stereocenters. The molecule has 190 valence electrons. The molecule has 7 heteroatoms. The van der Waals surface area contributed by atoms with Crippen molar-refractivity contribution in [3.63, 3.8) is 0 Å². The zero-order chi connectivity index (χ0) is 25.5. The molecule has 4 heterocycles. The number of hydrogen-bond acceptors (Lipinski definition) is 5. The summed E-state index contributed by atoms with van der Waals surface area (Å²) in [6.07, 6.45) is 2.36. The van der Waals surface area contributed by atoms with Crippen molar-refractivity contribution in [3.05, 3.63) is 82.7 Å². The molecule has 0 N–H and O–H groups in total. The van der Waals surface area contributed by atoms with Gasteiger partial charge in [0, 0.05) is 44.5 Å². The third kappa shape index (κ3) is 4.67. The monoisotopic (exact) mass is 496 g/mol. The number of benzene rings is 2. The number of carbonyl (C=O) groups excluding carboxylic acids is 1. The number of aryl methyl sites for hydroxylation is 3. The van der Waals surface area contributed by atoms with Crippen molar-refractivity contribution in [2.75, 3.05) is 33.0 Å². The van der Waals surface area contributed by atoms with Gasteiger partial charge in [-0.15, -0.1) is 0 Å². The molecule has 2 aromatic carbocycles. The number of carbonyl (C=O) groups is 1. The topological polar surface area (TPSA) is 59.3 Å². The Morgan fingerprint density at radius 2 is 1.70 bits per heavy atom. The van der Waals surface area contributed by atoms with Crippen LogP contribution in [-0.2, 0) is 17.8 Å². The van der Waals surface area contributed by atoms with Crippen LogP contribution in [0.5, 0.6) is 11.5 Å². The van der Waals surface area contributed by atoms with Crippen molar-refractivity contribution in [3.8, 4) is 22.8 Å². The Kier molecular flexibility index (Phi) is 6.08. The number of imidazole rings is 1. The Bertz CT molecular complexity index is 1480. The van der Waals surface area contributed by atoms with Crippen LogP contribution >= 0.6 is 0 Å². The van der Waals surface area contributed by atoms with Gasteiger partial charge < -0.3 is 18.8 Å². The molecule has 7 nitrogen and oxygen atoms in total. The van der Waals surface area contributed by atoms with Crippen molar-refractivity contribution in [2.45, 2.75) is 33.7 Å². The van der Waals surface area contributed by atoms with Gasteiger partial charge in [-0.3, -0.25) is 9.69 Å². The first-order valence-electron chi connectivity index (χ1n) is 12.9. The Morgan fingerprint density at radius 3 is 2.51 bits per heavy atom.